The molecule has 1 aliphatic rings. The van der Waals surface area contributed by atoms with Gasteiger partial charge in [-0.05, 0) is 60.1 Å². The quantitative estimate of drug-likeness (QED) is 0.613. The molecular formula is C23H20ClNO3. The molecule has 4 rings (SSSR count). The third-order valence-electron chi connectivity index (χ3n) is 5.26. The topological polar surface area (TPSA) is 59.4 Å². The Bertz CT molecular complexity index is 1020. The first-order valence-electron chi connectivity index (χ1n) is 9.31. The number of carboxylic acid groups (broad SMARTS) is 1. The summed E-state index contributed by atoms with van der Waals surface area (Å²) in [7, 11) is 0. The number of ether oxygens (including phenoxy) is 1. The number of rotatable bonds is 5. The minimum Gasteiger partial charge on any atom is -0.493 e. The summed E-state index contributed by atoms with van der Waals surface area (Å²) in [4.78, 5) is 15.5. The van der Waals surface area contributed by atoms with E-state index in [9.17, 15) is 9.90 Å². The monoisotopic (exact) mass is 393 g/mol. The maximum absolute atomic E-state index is 11.4. The van der Waals surface area contributed by atoms with Crippen molar-refractivity contribution >= 4 is 17.6 Å². The lowest BCUT2D eigenvalue weighted by Gasteiger charge is -2.26. The van der Waals surface area contributed by atoms with Crippen LogP contribution in [0.25, 0.3) is 11.1 Å². The second kappa shape index (κ2) is 8.03. The zero-order valence-corrected chi connectivity index (χ0v) is 16.0. The highest BCUT2D eigenvalue weighted by atomic mass is 35.5. The molecule has 0 spiro atoms. The van der Waals surface area contributed by atoms with Crippen molar-refractivity contribution in [1.82, 2.24) is 4.98 Å². The van der Waals surface area contributed by atoms with Crippen molar-refractivity contribution in [3.05, 3.63) is 82.6 Å². The number of carbonyl (C=O) groups is 1. The van der Waals surface area contributed by atoms with Gasteiger partial charge in [-0.2, -0.15) is 0 Å². The summed E-state index contributed by atoms with van der Waals surface area (Å²) in [5, 5.41) is 10.1. The van der Waals surface area contributed by atoms with Gasteiger partial charge in [0.25, 0.3) is 0 Å². The van der Waals surface area contributed by atoms with Crippen molar-refractivity contribution in [3.8, 4) is 16.9 Å². The van der Waals surface area contributed by atoms with E-state index in [1.807, 2.05) is 24.3 Å². The molecule has 1 N–H and O–H groups in total. The van der Waals surface area contributed by atoms with E-state index in [1.54, 1.807) is 12.3 Å². The van der Waals surface area contributed by atoms with Crippen LogP contribution in [0.15, 0.2) is 60.9 Å². The highest BCUT2D eigenvalue weighted by Crippen LogP contribution is 2.40. The van der Waals surface area contributed by atoms with E-state index in [1.165, 1.54) is 11.8 Å². The van der Waals surface area contributed by atoms with E-state index in [0.29, 0.717) is 29.5 Å². The van der Waals surface area contributed by atoms with Crippen LogP contribution in [0.2, 0.25) is 5.02 Å². The van der Waals surface area contributed by atoms with Gasteiger partial charge in [-0.3, -0.25) is 4.98 Å². The molecule has 0 saturated carbocycles. The Morgan fingerprint density at radius 2 is 2.07 bits per heavy atom. The number of carboxylic acids is 1. The van der Waals surface area contributed by atoms with Crippen molar-refractivity contribution in [2.24, 2.45) is 0 Å². The van der Waals surface area contributed by atoms with E-state index >= 15 is 0 Å². The molecular weight excluding hydrogens is 374 g/mol. The molecule has 0 aliphatic carbocycles. The lowest BCUT2D eigenvalue weighted by Crippen LogP contribution is -2.15. The minimum atomic E-state index is -0.908. The number of aromatic carboxylic acids is 1. The summed E-state index contributed by atoms with van der Waals surface area (Å²) in [6.07, 6.45) is 5.62. The summed E-state index contributed by atoms with van der Waals surface area (Å²) < 4.78 is 5.92. The van der Waals surface area contributed by atoms with Crippen molar-refractivity contribution in [2.75, 3.05) is 6.61 Å². The van der Waals surface area contributed by atoms with Crippen molar-refractivity contribution < 1.29 is 14.6 Å². The molecule has 0 amide bonds. The molecule has 142 valence electrons. The lowest BCUT2D eigenvalue weighted by atomic mass is 9.86. The number of aromatic nitrogens is 1. The Kier molecular flexibility index (Phi) is 5.31. The number of benzene rings is 2. The Morgan fingerprint density at radius 3 is 2.89 bits per heavy atom. The molecule has 1 aliphatic heterocycles. The van der Waals surface area contributed by atoms with Crippen LogP contribution < -0.4 is 4.74 Å². The summed E-state index contributed by atoms with van der Waals surface area (Å²) in [5.41, 5.74) is 4.29. The normalized spacial score (nSPS) is 15.5. The summed E-state index contributed by atoms with van der Waals surface area (Å²) >= 11 is 6.33. The first-order valence-corrected chi connectivity index (χ1v) is 9.69. The molecule has 0 fully saturated rings. The number of hydrogen-bond acceptors (Lipinski definition) is 3. The van der Waals surface area contributed by atoms with E-state index in [-0.39, 0.29) is 0 Å². The van der Waals surface area contributed by atoms with Gasteiger partial charge >= 0.3 is 5.97 Å². The first-order chi connectivity index (χ1) is 13.6. The molecule has 5 heteroatoms. The van der Waals surface area contributed by atoms with Gasteiger partial charge < -0.3 is 9.84 Å². The Morgan fingerprint density at radius 1 is 1.21 bits per heavy atom. The maximum atomic E-state index is 11.4. The fraction of sp³-hybridized carbons (Fsp3) is 0.217. The predicted molar refractivity (Wildman–Crippen MR) is 109 cm³/mol. The smallest absolute Gasteiger partial charge is 0.336 e. The summed E-state index contributed by atoms with van der Waals surface area (Å²) in [5.74, 6) is 0.304. The Labute approximate surface area is 168 Å². The van der Waals surface area contributed by atoms with Crippen LogP contribution in [-0.4, -0.2) is 22.7 Å². The van der Waals surface area contributed by atoms with Gasteiger partial charge in [0.05, 0.1) is 12.2 Å². The van der Waals surface area contributed by atoms with Gasteiger partial charge in [-0.15, -0.1) is 0 Å². The van der Waals surface area contributed by atoms with Gasteiger partial charge in [-0.1, -0.05) is 41.9 Å². The first kappa shape index (κ1) is 18.5. The maximum Gasteiger partial charge on any atom is 0.336 e. The van der Waals surface area contributed by atoms with E-state index in [0.717, 1.165) is 35.3 Å². The number of aryl methyl sites for hydroxylation is 1. The van der Waals surface area contributed by atoms with E-state index in [2.05, 4.69) is 23.2 Å². The van der Waals surface area contributed by atoms with Crippen LogP contribution in [0.4, 0.5) is 0 Å². The number of fused-ring (bicyclic) bond motifs is 1. The molecule has 2 aromatic carbocycles. The average Bonchev–Trinajstić information content (AvgIpc) is 2.72. The van der Waals surface area contributed by atoms with E-state index in [4.69, 9.17) is 16.3 Å². The Hall–Kier alpha value is -2.85. The fourth-order valence-corrected chi connectivity index (χ4v) is 4.04. The summed E-state index contributed by atoms with van der Waals surface area (Å²) in [6.45, 7) is 0.655. The highest BCUT2D eigenvalue weighted by molar-refractivity contribution is 6.33. The Balaban J connectivity index is 1.57. The molecule has 3 aromatic rings. The van der Waals surface area contributed by atoms with Crippen LogP contribution in [0.3, 0.4) is 0 Å². The zero-order valence-electron chi connectivity index (χ0n) is 15.3. The molecule has 0 bridgehead atoms. The second-order valence-electron chi connectivity index (χ2n) is 6.94. The summed E-state index contributed by atoms with van der Waals surface area (Å²) in [6, 6.07) is 15.6. The second-order valence-corrected chi connectivity index (χ2v) is 7.35. The van der Waals surface area contributed by atoms with Gasteiger partial charge in [-0.25, -0.2) is 4.79 Å². The molecule has 28 heavy (non-hydrogen) atoms. The molecule has 1 aromatic heterocycles. The highest BCUT2D eigenvalue weighted by Gasteiger charge is 2.23. The van der Waals surface area contributed by atoms with Crippen LogP contribution >= 0.6 is 11.6 Å². The van der Waals surface area contributed by atoms with Crippen LogP contribution in [-0.2, 0) is 6.42 Å². The lowest BCUT2D eigenvalue weighted by molar-refractivity contribution is 0.0695. The van der Waals surface area contributed by atoms with Crippen molar-refractivity contribution in [2.45, 2.75) is 25.2 Å². The van der Waals surface area contributed by atoms with Crippen LogP contribution in [0.1, 0.15) is 40.2 Å². The van der Waals surface area contributed by atoms with Gasteiger partial charge in [0, 0.05) is 23.0 Å². The number of halogens is 1. The van der Waals surface area contributed by atoms with Gasteiger partial charge in [0.1, 0.15) is 5.75 Å². The molecule has 4 nitrogen and oxygen atoms in total. The standard InChI is InChI=1S/C23H20ClNO3/c24-21-4-2-1-3-18(21)16-7-8-19-15(10-12-28-22(19)13-16)5-6-17-14-25-11-9-20(17)23(26)27/h1-4,7-9,11,13-15H,5-6,10,12H2,(H,26,27)/t15-/m1/s1. The number of hydrogen-bond donors (Lipinski definition) is 1. The van der Waals surface area contributed by atoms with Crippen LogP contribution in [0, 0.1) is 0 Å². The van der Waals surface area contributed by atoms with Gasteiger partial charge in [0.15, 0.2) is 0 Å². The van der Waals surface area contributed by atoms with Crippen molar-refractivity contribution in [1.29, 1.82) is 0 Å². The molecule has 0 saturated heterocycles. The molecule has 1 atom stereocenters. The van der Waals surface area contributed by atoms with E-state index < -0.39 is 5.97 Å². The fourth-order valence-electron chi connectivity index (χ4n) is 3.79. The van der Waals surface area contributed by atoms with Crippen molar-refractivity contribution in [3.63, 3.8) is 0 Å². The third-order valence-corrected chi connectivity index (χ3v) is 5.59. The largest absolute Gasteiger partial charge is 0.493 e. The SMILES string of the molecule is O=C(O)c1ccncc1CC[C@@H]1CCOc2cc(-c3ccccc3Cl)ccc21. The molecule has 0 unspecified atom stereocenters. The zero-order chi connectivity index (χ0) is 19.5. The van der Waals surface area contributed by atoms with Crippen LogP contribution in [0.5, 0.6) is 5.75 Å². The van der Waals surface area contributed by atoms with Gasteiger partial charge in [0.2, 0.25) is 0 Å². The minimum absolute atomic E-state index is 0.325. The predicted octanol–water partition coefficient (Wildman–Crippen LogP) is 5.60. The molecule has 0 radical (unpaired) electrons. The number of nitrogens with zero attached hydrogens (tertiary/aromatic N) is 1. The number of pyridine rings is 1. The molecule has 2 heterocycles. The third kappa shape index (κ3) is 3.73. The average molecular weight is 394 g/mol.